The lowest BCUT2D eigenvalue weighted by Crippen LogP contribution is -2.58. The average molecular weight is 470 g/mol. The Labute approximate surface area is 189 Å². The van der Waals surface area contributed by atoms with Gasteiger partial charge < -0.3 is 42.0 Å². The van der Waals surface area contributed by atoms with Gasteiger partial charge in [-0.1, -0.05) is 13.8 Å². The van der Waals surface area contributed by atoms with Crippen molar-refractivity contribution in [3.05, 3.63) is 18.2 Å². The quantitative estimate of drug-likeness (QED) is 0.140. The molecule has 0 spiro atoms. The Morgan fingerprint density at radius 3 is 2.06 bits per heavy atom. The fraction of sp³-hybridized carbons (Fsp3) is 0.579. The Hall–Kier alpha value is -3.52. The molecule has 0 saturated carbocycles. The molecule has 0 aliphatic rings. The lowest BCUT2D eigenvalue weighted by atomic mass is 10.0. The maximum atomic E-state index is 12.8. The van der Waals surface area contributed by atoms with Crippen molar-refractivity contribution in [1.82, 2.24) is 25.9 Å². The SMILES string of the molecule is CC(C)CC(NC(=O)C(CC(=O)O)NC(=O)C(N)CO)C(=O)NC(Cc1cnc[nH]1)C(=O)O. The molecule has 4 atom stereocenters. The van der Waals surface area contributed by atoms with E-state index in [1.165, 1.54) is 12.5 Å². The molecule has 1 rings (SSSR count). The van der Waals surface area contributed by atoms with Gasteiger partial charge in [0.05, 0.1) is 19.4 Å². The number of rotatable bonds is 14. The highest BCUT2D eigenvalue weighted by Crippen LogP contribution is 2.08. The monoisotopic (exact) mass is 470 g/mol. The molecule has 0 bridgehead atoms. The summed E-state index contributed by atoms with van der Waals surface area (Å²) in [6.45, 7) is 2.81. The van der Waals surface area contributed by atoms with Gasteiger partial charge in [0.15, 0.2) is 0 Å². The van der Waals surface area contributed by atoms with Crippen molar-refractivity contribution in [2.45, 2.75) is 57.3 Å². The molecule has 9 N–H and O–H groups in total. The molecule has 3 amide bonds. The first-order valence-electron chi connectivity index (χ1n) is 10.1. The first-order chi connectivity index (χ1) is 15.4. The number of carbonyl (C=O) groups excluding carboxylic acids is 3. The van der Waals surface area contributed by atoms with E-state index in [2.05, 4.69) is 25.9 Å². The van der Waals surface area contributed by atoms with E-state index >= 15 is 0 Å². The minimum absolute atomic E-state index is 0.0832. The van der Waals surface area contributed by atoms with Crippen LogP contribution in [0.2, 0.25) is 0 Å². The second-order valence-corrected chi connectivity index (χ2v) is 7.82. The first-order valence-corrected chi connectivity index (χ1v) is 10.1. The number of nitrogens with two attached hydrogens (primary N) is 1. The Morgan fingerprint density at radius 2 is 1.58 bits per heavy atom. The van der Waals surface area contributed by atoms with Gasteiger partial charge in [-0.2, -0.15) is 0 Å². The van der Waals surface area contributed by atoms with Crippen LogP contribution in [0.3, 0.4) is 0 Å². The molecule has 184 valence electrons. The summed E-state index contributed by atoms with van der Waals surface area (Å²) < 4.78 is 0. The summed E-state index contributed by atoms with van der Waals surface area (Å²) in [6, 6.07) is -5.47. The van der Waals surface area contributed by atoms with Crippen LogP contribution in [-0.4, -0.2) is 85.7 Å². The van der Waals surface area contributed by atoms with Crippen molar-refractivity contribution in [2.75, 3.05) is 6.61 Å². The van der Waals surface area contributed by atoms with Crippen LogP contribution in [0, 0.1) is 5.92 Å². The van der Waals surface area contributed by atoms with Gasteiger partial charge in [0.2, 0.25) is 17.7 Å². The van der Waals surface area contributed by atoms with E-state index in [0.29, 0.717) is 5.69 Å². The smallest absolute Gasteiger partial charge is 0.326 e. The van der Waals surface area contributed by atoms with E-state index in [9.17, 15) is 29.1 Å². The van der Waals surface area contributed by atoms with Crippen molar-refractivity contribution in [3.8, 4) is 0 Å². The average Bonchev–Trinajstić information content (AvgIpc) is 3.23. The number of hydrogen-bond donors (Lipinski definition) is 8. The number of aromatic nitrogens is 2. The van der Waals surface area contributed by atoms with E-state index in [0.717, 1.165) is 0 Å². The van der Waals surface area contributed by atoms with Gasteiger partial charge in [-0.15, -0.1) is 0 Å². The first kappa shape index (κ1) is 27.5. The summed E-state index contributed by atoms with van der Waals surface area (Å²) in [5.74, 6) is -5.53. The fourth-order valence-electron chi connectivity index (χ4n) is 2.81. The van der Waals surface area contributed by atoms with Crippen LogP contribution in [0.4, 0.5) is 0 Å². The van der Waals surface area contributed by atoms with Crippen molar-refractivity contribution in [3.63, 3.8) is 0 Å². The molecular formula is C19H30N6O8. The molecule has 4 unspecified atom stereocenters. The Kier molecular flexibility index (Phi) is 10.9. The number of H-pyrrole nitrogens is 1. The number of carboxylic acid groups (broad SMARTS) is 2. The predicted octanol–water partition coefficient (Wildman–Crippen LogP) is -2.67. The summed E-state index contributed by atoms with van der Waals surface area (Å²) >= 11 is 0. The molecule has 1 aromatic heterocycles. The van der Waals surface area contributed by atoms with Crippen molar-refractivity contribution >= 4 is 29.7 Å². The zero-order valence-electron chi connectivity index (χ0n) is 18.3. The summed E-state index contributed by atoms with van der Waals surface area (Å²) in [4.78, 5) is 66.7. The maximum absolute atomic E-state index is 12.8. The van der Waals surface area contributed by atoms with Crippen LogP contribution in [0.25, 0.3) is 0 Å². The molecule has 0 radical (unpaired) electrons. The molecule has 14 heteroatoms. The van der Waals surface area contributed by atoms with Gasteiger partial charge >= 0.3 is 11.9 Å². The maximum Gasteiger partial charge on any atom is 0.326 e. The Balaban J connectivity index is 2.97. The summed E-state index contributed by atoms with van der Waals surface area (Å²) in [6.07, 6.45) is 1.99. The van der Waals surface area contributed by atoms with Crippen molar-refractivity contribution in [2.24, 2.45) is 11.7 Å². The number of carbonyl (C=O) groups is 5. The number of aromatic amines is 1. The lowest BCUT2D eigenvalue weighted by molar-refractivity contribution is -0.143. The summed E-state index contributed by atoms with van der Waals surface area (Å²) in [7, 11) is 0. The minimum atomic E-state index is -1.57. The van der Waals surface area contributed by atoms with E-state index in [-0.39, 0.29) is 18.8 Å². The number of amides is 3. The third kappa shape index (κ3) is 9.65. The third-order valence-electron chi connectivity index (χ3n) is 4.48. The van der Waals surface area contributed by atoms with Crippen molar-refractivity contribution in [1.29, 1.82) is 0 Å². The molecule has 0 aliphatic heterocycles. The second kappa shape index (κ2) is 13.1. The Bertz CT molecular complexity index is 828. The molecule has 0 aliphatic carbocycles. The number of nitrogens with zero attached hydrogens (tertiary/aromatic N) is 1. The van der Waals surface area contributed by atoms with Crippen LogP contribution >= 0.6 is 0 Å². The number of hydrogen-bond acceptors (Lipinski definition) is 8. The highest BCUT2D eigenvalue weighted by Gasteiger charge is 2.31. The zero-order valence-corrected chi connectivity index (χ0v) is 18.3. The van der Waals surface area contributed by atoms with Gasteiger partial charge in [0, 0.05) is 18.3 Å². The van der Waals surface area contributed by atoms with Crippen LogP contribution in [-0.2, 0) is 30.4 Å². The molecule has 0 aromatic carbocycles. The highest BCUT2D eigenvalue weighted by atomic mass is 16.4. The number of aliphatic carboxylic acids is 2. The van der Waals surface area contributed by atoms with Crippen LogP contribution < -0.4 is 21.7 Å². The predicted molar refractivity (Wildman–Crippen MR) is 112 cm³/mol. The van der Waals surface area contributed by atoms with E-state index < -0.39 is 66.9 Å². The van der Waals surface area contributed by atoms with Crippen LogP contribution in [0.5, 0.6) is 0 Å². The minimum Gasteiger partial charge on any atom is -0.481 e. The van der Waals surface area contributed by atoms with E-state index in [4.69, 9.17) is 15.9 Å². The summed E-state index contributed by atoms with van der Waals surface area (Å²) in [5, 5.41) is 34.3. The molecule has 14 nitrogen and oxygen atoms in total. The molecule has 0 saturated heterocycles. The Morgan fingerprint density at radius 1 is 1.00 bits per heavy atom. The number of imidazole rings is 1. The van der Waals surface area contributed by atoms with Gasteiger partial charge in [-0.25, -0.2) is 9.78 Å². The van der Waals surface area contributed by atoms with Crippen LogP contribution in [0.1, 0.15) is 32.4 Å². The number of carboxylic acids is 2. The van der Waals surface area contributed by atoms with Gasteiger partial charge in [-0.05, 0) is 12.3 Å². The van der Waals surface area contributed by atoms with E-state index in [1.54, 1.807) is 13.8 Å². The topological polar surface area (TPSA) is 237 Å². The molecular weight excluding hydrogens is 440 g/mol. The molecule has 33 heavy (non-hydrogen) atoms. The molecule has 0 fully saturated rings. The van der Waals surface area contributed by atoms with Gasteiger partial charge in [-0.3, -0.25) is 19.2 Å². The fourth-order valence-corrected chi connectivity index (χ4v) is 2.81. The zero-order chi connectivity index (χ0) is 25.1. The number of aliphatic hydroxyl groups is 1. The standard InChI is InChI=1S/C19H30N6O8/c1-9(2)3-12(17(30)25-14(19(32)33)4-10-6-21-8-22-10)24-18(31)13(5-15(27)28)23-16(29)11(20)7-26/h6,8-9,11-14,26H,3-5,7,20H2,1-2H3,(H,21,22)(H,23,29)(H,24,31)(H,25,30)(H,27,28)(H,32,33). The van der Waals surface area contributed by atoms with Gasteiger partial charge in [0.1, 0.15) is 24.2 Å². The summed E-state index contributed by atoms with van der Waals surface area (Å²) in [5.41, 5.74) is 5.85. The molecule has 1 aromatic rings. The largest absolute Gasteiger partial charge is 0.481 e. The number of aliphatic hydroxyl groups excluding tert-OH is 1. The second-order valence-electron chi connectivity index (χ2n) is 7.82. The normalized spacial score (nSPS) is 14.6. The van der Waals surface area contributed by atoms with Crippen molar-refractivity contribution < 1.29 is 39.3 Å². The highest BCUT2D eigenvalue weighted by molar-refractivity contribution is 5.95. The number of nitrogens with one attached hydrogen (secondary N) is 4. The molecule has 1 heterocycles. The van der Waals surface area contributed by atoms with Crippen LogP contribution in [0.15, 0.2) is 12.5 Å². The lowest BCUT2D eigenvalue weighted by Gasteiger charge is -2.25. The van der Waals surface area contributed by atoms with E-state index in [1.807, 2.05) is 0 Å². The third-order valence-corrected chi connectivity index (χ3v) is 4.48. The van der Waals surface area contributed by atoms with Gasteiger partial charge in [0.25, 0.3) is 0 Å².